The van der Waals surface area contributed by atoms with Crippen molar-refractivity contribution in [1.82, 2.24) is 4.98 Å². The van der Waals surface area contributed by atoms with Gasteiger partial charge in [0.25, 0.3) is 0 Å². The molecule has 0 aliphatic heterocycles. The molecule has 1 nitrogen and oxygen atoms in total. The molecule has 1 aliphatic rings. The van der Waals surface area contributed by atoms with Crippen molar-refractivity contribution >= 4 is 22.5 Å². The van der Waals surface area contributed by atoms with E-state index in [1.54, 1.807) is 0 Å². The van der Waals surface area contributed by atoms with Crippen LogP contribution >= 0.6 is 11.6 Å². The molecule has 0 fully saturated rings. The second-order valence-corrected chi connectivity index (χ2v) is 5.26. The van der Waals surface area contributed by atoms with Crippen LogP contribution < -0.4 is 0 Å². The molecular formula is C15H16ClN. The fourth-order valence-corrected chi connectivity index (χ4v) is 3.06. The van der Waals surface area contributed by atoms with Crippen molar-refractivity contribution in [1.29, 1.82) is 0 Å². The second kappa shape index (κ2) is 4.30. The minimum atomic E-state index is 0.940. The van der Waals surface area contributed by atoms with E-state index in [4.69, 9.17) is 16.6 Å². The Morgan fingerprint density at radius 1 is 1.12 bits per heavy atom. The van der Waals surface area contributed by atoms with Gasteiger partial charge in [0.1, 0.15) is 0 Å². The summed E-state index contributed by atoms with van der Waals surface area (Å²) < 4.78 is 0. The lowest BCUT2D eigenvalue weighted by Crippen LogP contribution is -1.99. The Balaban J connectivity index is 2.33. The van der Waals surface area contributed by atoms with Crippen molar-refractivity contribution in [2.75, 3.05) is 0 Å². The first kappa shape index (κ1) is 11.0. The Labute approximate surface area is 107 Å². The smallest absolute Gasteiger partial charge is 0.0749 e. The standard InChI is InChI=1S/C15H16ClN/c1-10-6-5-8-12-14(16)11-7-3-2-4-9-13(11)17-15(10)12/h5-6,8H,2-4,7,9H2,1H3. The molecule has 0 bridgehead atoms. The Morgan fingerprint density at radius 2 is 1.94 bits per heavy atom. The number of aryl methyl sites for hydroxylation is 2. The van der Waals surface area contributed by atoms with Gasteiger partial charge >= 0.3 is 0 Å². The average Bonchev–Trinajstić information content (AvgIpc) is 2.56. The molecule has 0 radical (unpaired) electrons. The topological polar surface area (TPSA) is 12.9 Å². The highest BCUT2D eigenvalue weighted by Crippen LogP contribution is 2.33. The van der Waals surface area contributed by atoms with Crippen LogP contribution in [0.5, 0.6) is 0 Å². The molecule has 1 aromatic heterocycles. The molecule has 0 spiro atoms. The number of pyridine rings is 1. The van der Waals surface area contributed by atoms with E-state index in [-0.39, 0.29) is 0 Å². The van der Waals surface area contributed by atoms with Crippen LogP contribution in [0.15, 0.2) is 18.2 Å². The lowest BCUT2D eigenvalue weighted by molar-refractivity contribution is 0.709. The summed E-state index contributed by atoms with van der Waals surface area (Å²) in [6.07, 6.45) is 5.95. The summed E-state index contributed by atoms with van der Waals surface area (Å²) in [6, 6.07) is 6.26. The van der Waals surface area contributed by atoms with Crippen LogP contribution in [0.3, 0.4) is 0 Å². The van der Waals surface area contributed by atoms with Crippen LogP contribution in [-0.4, -0.2) is 4.98 Å². The summed E-state index contributed by atoms with van der Waals surface area (Å²) in [7, 11) is 0. The molecule has 0 saturated heterocycles. The van der Waals surface area contributed by atoms with Crippen LogP contribution in [0.4, 0.5) is 0 Å². The van der Waals surface area contributed by atoms with Crippen molar-refractivity contribution in [3.05, 3.63) is 40.0 Å². The fourth-order valence-electron chi connectivity index (χ4n) is 2.71. The molecular weight excluding hydrogens is 230 g/mol. The normalized spacial score (nSPS) is 15.6. The summed E-state index contributed by atoms with van der Waals surface area (Å²) in [5.41, 5.74) is 4.83. The van der Waals surface area contributed by atoms with E-state index in [0.29, 0.717) is 0 Å². The van der Waals surface area contributed by atoms with Gasteiger partial charge in [-0.1, -0.05) is 36.2 Å². The van der Waals surface area contributed by atoms with Gasteiger partial charge in [-0.2, -0.15) is 0 Å². The van der Waals surface area contributed by atoms with Crippen LogP contribution in [0, 0.1) is 6.92 Å². The van der Waals surface area contributed by atoms with Crippen molar-refractivity contribution in [2.24, 2.45) is 0 Å². The maximum Gasteiger partial charge on any atom is 0.0749 e. The zero-order chi connectivity index (χ0) is 11.8. The monoisotopic (exact) mass is 245 g/mol. The summed E-state index contributed by atoms with van der Waals surface area (Å²) in [6.45, 7) is 2.11. The third kappa shape index (κ3) is 1.83. The molecule has 2 aromatic rings. The minimum absolute atomic E-state index is 0.940. The Kier molecular flexibility index (Phi) is 2.79. The van der Waals surface area contributed by atoms with Crippen LogP contribution in [0.1, 0.15) is 36.1 Å². The maximum atomic E-state index is 6.56. The molecule has 17 heavy (non-hydrogen) atoms. The largest absolute Gasteiger partial charge is 0.252 e. The van der Waals surface area contributed by atoms with Gasteiger partial charge in [0, 0.05) is 11.1 Å². The molecule has 3 rings (SSSR count). The second-order valence-electron chi connectivity index (χ2n) is 4.88. The first-order valence-corrected chi connectivity index (χ1v) is 6.72. The molecule has 2 heteroatoms. The third-order valence-electron chi connectivity index (χ3n) is 3.67. The molecule has 0 saturated carbocycles. The van der Waals surface area contributed by atoms with Gasteiger partial charge in [-0.25, -0.2) is 0 Å². The molecule has 0 amide bonds. The highest BCUT2D eigenvalue weighted by atomic mass is 35.5. The molecule has 1 heterocycles. The highest BCUT2D eigenvalue weighted by molar-refractivity contribution is 6.36. The minimum Gasteiger partial charge on any atom is -0.252 e. The molecule has 1 aromatic carbocycles. The molecule has 0 unspecified atom stereocenters. The number of nitrogens with zero attached hydrogens (tertiary/aromatic N) is 1. The Morgan fingerprint density at radius 3 is 2.82 bits per heavy atom. The highest BCUT2D eigenvalue weighted by Gasteiger charge is 2.16. The van der Waals surface area contributed by atoms with Crippen LogP contribution in [0.25, 0.3) is 10.9 Å². The van der Waals surface area contributed by atoms with Gasteiger partial charge < -0.3 is 0 Å². The van der Waals surface area contributed by atoms with E-state index in [0.717, 1.165) is 28.8 Å². The van der Waals surface area contributed by atoms with Crippen molar-refractivity contribution < 1.29 is 0 Å². The summed E-state index contributed by atoms with van der Waals surface area (Å²) in [5.74, 6) is 0. The van der Waals surface area contributed by atoms with Gasteiger partial charge in [0.2, 0.25) is 0 Å². The van der Waals surface area contributed by atoms with Crippen LogP contribution in [-0.2, 0) is 12.8 Å². The number of hydrogen-bond donors (Lipinski definition) is 0. The van der Waals surface area contributed by atoms with Crippen molar-refractivity contribution in [3.63, 3.8) is 0 Å². The number of fused-ring (bicyclic) bond motifs is 2. The quantitative estimate of drug-likeness (QED) is 0.625. The summed E-state index contributed by atoms with van der Waals surface area (Å²) in [5, 5.41) is 2.06. The van der Waals surface area contributed by atoms with E-state index >= 15 is 0 Å². The average molecular weight is 246 g/mol. The molecule has 0 N–H and O–H groups in total. The number of aromatic nitrogens is 1. The Hall–Kier alpha value is -1.08. The van der Waals surface area contributed by atoms with Gasteiger partial charge in [-0.15, -0.1) is 0 Å². The number of para-hydroxylation sites is 1. The summed E-state index contributed by atoms with van der Waals surface area (Å²) in [4.78, 5) is 4.85. The van der Waals surface area contributed by atoms with Crippen molar-refractivity contribution in [2.45, 2.75) is 39.0 Å². The number of halogens is 1. The van der Waals surface area contributed by atoms with E-state index < -0.39 is 0 Å². The van der Waals surface area contributed by atoms with Gasteiger partial charge in [-0.3, -0.25) is 4.98 Å². The zero-order valence-electron chi connectivity index (χ0n) is 10.1. The zero-order valence-corrected chi connectivity index (χ0v) is 10.8. The van der Waals surface area contributed by atoms with Gasteiger partial charge in [0.15, 0.2) is 0 Å². The van der Waals surface area contributed by atoms with Gasteiger partial charge in [0.05, 0.1) is 10.5 Å². The van der Waals surface area contributed by atoms with E-state index in [1.165, 1.54) is 36.1 Å². The van der Waals surface area contributed by atoms with Gasteiger partial charge in [-0.05, 0) is 43.7 Å². The maximum absolute atomic E-state index is 6.56. The lowest BCUT2D eigenvalue weighted by Gasteiger charge is -2.11. The predicted octanol–water partition coefficient (Wildman–Crippen LogP) is 4.47. The fraction of sp³-hybridized carbons (Fsp3) is 0.400. The van der Waals surface area contributed by atoms with E-state index in [2.05, 4.69) is 25.1 Å². The SMILES string of the molecule is Cc1cccc2c(Cl)c3c(nc12)CCCCC3. The van der Waals surface area contributed by atoms with Crippen LogP contribution in [0.2, 0.25) is 5.02 Å². The van der Waals surface area contributed by atoms with E-state index in [9.17, 15) is 0 Å². The first-order valence-electron chi connectivity index (χ1n) is 6.34. The molecule has 0 atom stereocenters. The number of hydrogen-bond acceptors (Lipinski definition) is 1. The predicted molar refractivity (Wildman–Crippen MR) is 72.7 cm³/mol. The number of benzene rings is 1. The van der Waals surface area contributed by atoms with E-state index in [1.807, 2.05) is 0 Å². The Bertz CT molecular complexity index is 575. The lowest BCUT2D eigenvalue weighted by atomic mass is 10.0. The molecule has 88 valence electrons. The summed E-state index contributed by atoms with van der Waals surface area (Å²) >= 11 is 6.56. The van der Waals surface area contributed by atoms with Crippen molar-refractivity contribution in [3.8, 4) is 0 Å². The number of rotatable bonds is 0. The molecule has 1 aliphatic carbocycles. The third-order valence-corrected chi connectivity index (χ3v) is 4.11. The first-order chi connectivity index (χ1) is 8.27.